The first-order valence-electron chi connectivity index (χ1n) is 5.82. The SMILES string of the molecule is C=C(C)/C=C\C(NCCC)=C(C)C.CC. The molecule has 1 N–H and O–H groups in total. The largest absolute Gasteiger partial charge is 0.385 e. The molecule has 0 aliphatic heterocycles. The molecule has 0 aromatic carbocycles. The van der Waals surface area contributed by atoms with Gasteiger partial charge in [-0.25, -0.2) is 0 Å². The first-order chi connectivity index (χ1) is 7.07. The molecule has 1 heteroatoms. The van der Waals surface area contributed by atoms with Crippen molar-refractivity contribution in [2.24, 2.45) is 0 Å². The highest BCUT2D eigenvalue weighted by Gasteiger charge is 1.92. The van der Waals surface area contributed by atoms with Crippen LogP contribution in [0.5, 0.6) is 0 Å². The van der Waals surface area contributed by atoms with Gasteiger partial charge in [-0.2, -0.15) is 0 Å². The molecule has 0 unspecified atom stereocenters. The van der Waals surface area contributed by atoms with Crippen molar-refractivity contribution in [2.45, 2.75) is 48.0 Å². The molecule has 0 aromatic heterocycles. The lowest BCUT2D eigenvalue weighted by Gasteiger charge is -2.07. The molecule has 0 bridgehead atoms. The van der Waals surface area contributed by atoms with Gasteiger partial charge in [-0.1, -0.05) is 44.6 Å². The van der Waals surface area contributed by atoms with E-state index in [0.717, 1.165) is 18.5 Å². The zero-order valence-corrected chi connectivity index (χ0v) is 11.3. The Kier molecular flexibility index (Phi) is 12.2. The Morgan fingerprint density at radius 1 is 1.13 bits per heavy atom. The smallest absolute Gasteiger partial charge is 0.0326 e. The van der Waals surface area contributed by atoms with E-state index in [1.165, 1.54) is 11.3 Å². The summed E-state index contributed by atoms with van der Waals surface area (Å²) in [5, 5.41) is 3.38. The molecule has 0 fully saturated rings. The van der Waals surface area contributed by atoms with Crippen molar-refractivity contribution in [1.29, 1.82) is 0 Å². The summed E-state index contributed by atoms with van der Waals surface area (Å²) in [4.78, 5) is 0. The number of hydrogen-bond donors (Lipinski definition) is 1. The zero-order chi connectivity index (χ0) is 12.3. The van der Waals surface area contributed by atoms with Gasteiger partial charge in [0.2, 0.25) is 0 Å². The number of allylic oxidation sites excluding steroid dienone is 4. The molecular formula is C14H27N. The van der Waals surface area contributed by atoms with Gasteiger partial charge < -0.3 is 5.32 Å². The fourth-order valence-electron chi connectivity index (χ4n) is 0.888. The summed E-state index contributed by atoms with van der Waals surface area (Å²) in [6.07, 6.45) is 5.27. The van der Waals surface area contributed by atoms with Gasteiger partial charge in [0.25, 0.3) is 0 Å². The van der Waals surface area contributed by atoms with E-state index in [0.29, 0.717) is 0 Å². The predicted molar refractivity (Wildman–Crippen MR) is 72.0 cm³/mol. The maximum Gasteiger partial charge on any atom is 0.0326 e. The molecule has 0 saturated carbocycles. The minimum absolute atomic E-state index is 1.03. The van der Waals surface area contributed by atoms with E-state index in [4.69, 9.17) is 0 Å². The Bertz CT molecular complexity index is 217. The van der Waals surface area contributed by atoms with E-state index in [1.54, 1.807) is 0 Å². The third-order valence-electron chi connectivity index (χ3n) is 1.64. The third-order valence-corrected chi connectivity index (χ3v) is 1.64. The Labute approximate surface area is 96.0 Å². The second-order valence-corrected chi connectivity index (χ2v) is 3.52. The first kappa shape index (κ1) is 16.4. The molecule has 0 rings (SSSR count). The monoisotopic (exact) mass is 209 g/mol. The summed E-state index contributed by atoms with van der Waals surface area (Å²) in [7, 11) is 0. The quantitative estimate of drug-likeness (QED) is 0.660. The van der Waals surface area contributed by atoms with Crippen molar-refractivity contribution in [1.82, 2.24) is 5.32 Å². The van der Waals surface area contributed by atoms with Crippen molar-refractivity contribution in [3.63, 3.8) is 0 Å². The summed E-state index contributed by atoms with van der Waals surface area (Å²) in [5.41, 5.74) is 3.60. The molecule has 88 valence electrons. The average Bonchev–Trinajstić information content (AvgIpc) is 2.20. The maximum atomic E-state index is 3.83. The maximum absolute atomic E-state index is 3.83. The lowest BCUT2D eigenvalue weighted by molar-refractivity contribution is 0.776. The standard InChI is InChI=1S/C12H21N.C2H6/c1-6-9-13-12(11(4)5)8-7-10(2)3;1-2/h7-8,13H,2,6,9H2,1,3-5H3;1-2H3/b8-7-;. The summed E-state index contributed by atoms with van der Waals surface area (Å²) in [5.74, 6) is 0. The molecule has 0 radical (unpaired) electrons. The molecule has 0 amide bonds. The van der Waals surface area contributed by atoms with Crippen LogP contribution in [0.1, 0.15) is 48.0 Å². The van der Waals surface area contributed by atoms with E-state index in [-0.39, 0.29) is 0 Å². The summed E-state index contributed by atoms with van der Waals surface area (Å²) in [6, 6.07) is 0. The number of nitrogens with one attached hydrogen (secondary N) is 1. The predicted octanol–water partition coefficient (Wildman–Crippen LogP) is 4.44. The van der Waals surface area contributed by atoms with Crippen LogP contribution in [0, 0.1) is 0 Å². The highest BCUT2D eigenvalue weighted by Crippen LogP contribution is 2.03. The van der Waals surface area contributed by atoms with E-state index in [2.05, 4.69) is 38.7 Å². The van der Waals surface area contributed by atoms with Crippen molar-refractivity contribution >= 4 is 0 Å². The molecule has 0 aliphatic carbocycles. The Balaban J connectivity index is 0. The van der Waals surface area contributed by atoms with Crippen LogP contribution >= 0.6 is 0 Å². The minimum atomic E-state index is 1.03. The Hall–Kier alpha value is -0.980. The number of hydrogen-bond acceptors (Lipinski definition) is 1. The van der Waals surface area contributed by atoms with Crippen LogP contribution in [-0.4, -0.2) is 6.54 Å². The highest BCUT2D eigenvalue weighted by molar-refractivity contribution is 5.26. The van der Waals surface area contributed by atoms with E-state index >= 15 is 0 Å². The van der Waals surface area contributed by atoms with Crippen molar-refractivity contribution < 1.29 is 0 Å². The van der Waals surface area contributed by atoms with Crippen molar-refractivity contribution in [2.75, 3.05) is 6.54 Å². The second-order valence-electron chi connectivity index (χ2n) is 3.52. The van der Waals surface area contributed by atoms with Gasteiger partial charge in [0, 0.05) is 12.2 Å². The van der Waals surface area contributed by atoms with Crippen LogP contribution in [0.15, 0.2) is 35.6 Å². The van der Waals surface area contributed by atoms with Gasteiger partial charge in [-0.05, 0) is 33.3 Å². The van der Waals surface area contributed by atoms with E-state index in [1.807, 2.05) is 26.8 Å². The third kappa shape index (κ3) is 10.9. The molecule has 0 aromatic rings. The Morgan fingerprint density at radius 2 is 1.67 bits per heavy atom. The van der Waals surface area contributed by atoms with Gasteiger partial charge in [0.05, 0.1) is 0 Å². The molecule has 0 spiro atoms. The fraction of sp³-hybridized carbons (Fsp3) is 0.571. The van der Waals surface area contributed by atoms with Gasteiger partial charge >= 0.3 is 0 Å². The Morgan fingerprint density at radius 3 is 2.00 bits per heavy atom. The fourth-order valence-corrected chi connectivity index (χ4v) is 0.888. The molecule has 0 heterocycles. The van der Waals surface area contributed by atoms with Gasteiger partial charge in [0.15, 0.2) is 0 Å². The topological polar surface area (TPSA) is 12.0 Å². The van der Waals surface area contributed by atoms with E-state index < -0.39 is 0 Å². The molecular weight excluding hydrogens is 182 g/mol. The normalized spacial score (nSPS) is 9.20. The lowest BCUT2D eigenvalue weighted by Crippen LogP contribution is -2.13. The van der Waals surface area contributed by atoms with Crippen molar-refractivity contribution in [3.8, 4) is 0 Å². The number of rotatable bonds is 5. The molecule has 0 saturated heterocycles. The lowest BCUT2D eigenvalue weighted by atomic mass is 10.2. The van der Waals surface area contributed by atoms with Crippen molar-refractivity contribution in [3.05, 3.63) is 35.6 Å². The van der Waals surface area contributed by atoms with Crippen LogP contribution in [0.25, 0.3) is 0 Å². The molecule has 1 nitrogen and oxygen atoms in total. The summed E-state index contributed by atoms with van der Waals surface area (Å²) < 4.78 is 0. The summed E-state index contributed by atoms with van der Waals surface area (Å²) >= 11 is 0. The van der Waals surface area contributed by atoms with Crippen LogP contribution in [0.3, 0.4) is 0 Å². The van der Waals surface area contributed by atoms with Gasteiger partial charge in [-0.3, -0.25) is 0 Å². The average molecular weight is 209 g/mol. The zero-order valence-electron chi connectivity index (χ0n) is 11.3. The summed E-state index contributed by atoms with van der Waals surface area (Å²) in [6.45, 7) is 17.2. The van der Waals surface area contributed by atoms with E-state index in [9.17, 15) is 0 Å². The van der Waals surface area contributed by atoms with Gasteiger partial charge in [-0.15, -0.1) is 0 Å². The van der Waals surface area contributed by atoms with Crippen LogP contribution in [-0.2, 0) is 0 Å². The molecule has 0 atom stereocenters. The highest BCUT2D eigenvalue weighted by atomic mass is 14.9. The minimum Gasteiger partial charge on any atom is -0.385 e. The first-order valence-corrected chi connectivity index (χ1v) is 5.82. The van der Waals surface area contributed by atoms with Gasteiger partial charge in [0.1, 0.15) is 0 Å². The molecule has 15 heavy (non-hydrogen) atoms. The molecule has 0 aliphatic rings. The van der Waals surface area contributed by atoms with Crippen LogP contribution < -0.4 is 5.32 Å². The van der Waals surface area contributed by atoms with Crippen LogP contribution in [0.4, 0.5) is 0 Å². The van der Waals surface area contributed by atoms with Crippen LogP contribution in [0.2, 0.25) is 0 Å². The second kappa shape index (κ2) is 11.1.